The second-order valence-electron chi connectivity index (χ2n) is 6.90. The highest BCUT2D eigenvalue weighted by atomic mass is 32.1. The minimum absolute atomic E-state index is 0.102. The molecule has 0 aliphatic carbocycles. The number of rotatable bonds is 6. The van der Waals surface area contributed by atoms with Gasteiger partial charge in [-0.1, -0.05) is 23.5 Å². The molecule has 2 aromatic carbocycles. The van der Waals surface area contributed by atoms with E-state index in [0.717, 1.165) is 11.3 Å². The number of nitrogens with zero attached hydrogens (tertiary/aromatic N) is 3. The van der Waals surface area contributed by atoms with Gasteiger partial charge in [0.15, 0.2) is 0 Å². The van der Waals surface area contributed by atoms with E-state index in [2.05, 4.69) is 15.5 Å². The number of carbonyl (C=O) groups excluding carboxylic acids is 2. The largest absolute Gasteiger partial charge is 0.497 e. The van der Waals surface area contributed by atoms with Crippen LogP contribution < -0.4 is 15.0 Å². The molecule has 0 radical (unpaired) electrons. The van der Waals surface area contributed by atoms with E-state index in [9.17, 15) is 14.0 Å². The first-order valence-electron chi connectivity index (χ1n) is 9.34. The van der Waals surface area contributed by atoms with Crippen LogP contribution in [0.1, 0.15) is 17.0 Å². The van der Waals surface area contributed by atoms with Crippen molar-refractivity contribution in [3.05, 3.63) is 64.9 Å². The molecule has 1 aliphatic rings. The quantitative estimate of drug-likeness (QED) is 0.654. The number of hydrogen-bond donors (Lipinski definition) is 1. The first-order chi connectivity index (χ1) is 14.5. The number of carbonyl (C=O) groups is 2. The third kappa shape index (κ3) is 4.46. The molecule has 4 rings (SSSR count). The Morgan fingerprint density at radius 1 is 1.20 bits per heavy atom. The summed E-state index contributed by atoms with van der Waals surface area (Å²) in [7, 11) is 1.58. The van der Waals surface area contributed by atoms with Crippen molar-refractivity contribution in [3.63, 3.8) is 0 Å². The molecule has 0 bridgehead atoms. The Balaban J connectivity index is 1.36. The lowest BCUT2D eigenvalue weighted by Gasteiger charge is -2.16. The summed E-state index contributed by atoms with van der Waals surface area (Å²) in [5.41, 5.74) is 1.63. The molecule has 9 heteroatoms. The van der Waals surface area contributed by atoms with Crippen molar-refractivity contribution in [2.24, 2.45) is 5.92 Å². The maximum atomic E-state index is 13.0. The van der Waals surface area contributed by atoms with Gasteiger partial charge in [-0.05, 0) is 42.0 Å². The zero-order chi connectivity index (χ0) is 21.1. The van der Waals surface area contributed by atoms with E-state index in [1.54, 1.807) is 48.4 Å². The van der Waals surface area contributed by atoms with E-state index >= 15 is 0 Å². The van der Waals surface area contributed by atoms with Gasteiger partial charge in [0, 0.05) is 25.1 Å². The highest BCUT2D eigenvalue weighted by Gasteiger charge is 2.35. The average Bonchev–Trinajstić information content (AvgIpc) is 3.36. The zero-order valence-electron chi connectivity index (χ0n) is 16.2. The molecule has 2 heterocycles. The second kappa shape index (κ2) is 8.58. The smallest absolute Gasteiger partial charge is 0.231 e. The molecule has 1 atom stereocenters. The Bertz CT molecular complexity index is 1050. The molecule has 0 spiro atoms. The summed E-state index contributed by atoms with van der Waals surface area (Å²) in [4.78, 5) is 26.6. The predicted octanol–water partition coefficient (Wildman–Crippen LogP) is 3.27. The molecule has 7 nitrogen and oxygen atoms in total. The van der Waals surface area contributed by atoms with Gasteiger partial charge in [-0.25, -0.2) is 4.39 Å². The lowest BCUT2D eigenvalue weighted by molar-refractivity contribution is -0.122. The van der Waals surface area contributed by atoms with Crippen molar-refractivity contribution in [2.45, 2.75) is 12.8 Å². The fourth-order valence-electron chi connectivity index (χ4n) is 3.25. The van der Waals surface area contributed by atoms with Crippen molar-refractivity contribution in [1.29, 1.82) is 0 Å². The van der Waals surface area contributed by atoms with Crippen LogP contribution >= 0.6 is 11.3 Å². The Kier molecular flexibility index (Phi) is 5.71. The minimum atomic E-state index is -0.468. The Morgan fingerprint density at radius 2 is 1.93 bits per heavy atom. The number of anilines is 2. The van der Waals surface area contributed by atoms with E-state index < -0.39 is 5.92 Å². The van der Waals surface area contributed by atoms with E-state index in [-0.39, 0.29) is 24.1 Å². The number of methoxy groups -OCH3 is 1. The van der Waals surface area contributed by atoms with Crippen LogP contribution in [0, 0.1) is 11.7 Å². The molecule has 154 valence electrons. The number of ether oxygens (including phenoxy) is 1. The van der Waals surface area contributed by atoms with Crippen LogP contribution in [0.25, 0.3) is 0 Å². The van der Waals surface area contributed by atoms with Gasteiger partial charge in [0.05, 0.1) is 13.0 Å². The number of hydrogen-bond acceptors (Lipinski definition) is 6. The maximum absolute atomic E-state index is 13.0. The van der Waals surface area contributed by atoms with Crippen LogP contribution in [0.2, 0.25) is 0 Å². The van der Waals surface area contributed by atoms with Gasteiger partial charge in [-0.2, -0.15) is 0 Å². The van der Waals surface area contributed by atoms with Crippen LogP contribution in [-0.4, -0.2) is 35.7 Å². The predicted molar refractivity (Wildman–Crippen MR) is 111 cm³/mol. The fraction of sp³-hybridized carbons (Fsp3) is 0.238. The van der Waals surface area contributed by atoms with Crippen LogP contribution in [0.15, 0.2) is 48.5 Å². The lowest BCUT2D eigenvalue weighted by Crippen LogP contribution is -2.28. The molecule has 1 fully saturated rings. The SMILES string of the molecule is COc1ccc(N2CC(C(=O)Nc3nnc(Cc4ccc(F)cc4)s3)CC2=O)cc1. The van der Waals surface area contributed by atoms with E-state index in [4.69, 9.17) is 4.74 Å². The van der Waals surface area contributed by atoms with Gasteiger partial charge in [0.1, 0.15) is 16.6 Å². The molecule has 1 unspecified atom stereocenters. The Hall–Kier alpha value is -3.33. The van der Waals surface area contributed by atoms with Crippen LogP contribution in [0.4, 0.5) is 15.2 Å². The van der Waals surface area contributed by atoms with E-state index in [1.165, 1.54) is 23.5 Å². The van der Waals surface area contributed by atoms with Gasteiger partial charge in [-0.3, -0.25) is 9.59 Å². The molecular weight excluding hydrogens is 407 g/mol. The number of nitrogens with one attached hydrogen (secondary N) is 1. The number of aromatic nitrogens is 2. The number of benzene rings is 2. The highest BCUT2D eigenvalue weighted by molar-refractivity contribution is 7.15. The molecule has 1 N–H and O–H groups in total. The summed E-state index contributed by atoms with van der Waals surface area (Å²) in [5, 5.41) is 11.9. The van der Waals surface area contributed by atoms with Crippen LogP contribution in [0.3, 0.4) is 0 Å². The molecule has 0 saturated carbocycles. The summed E-state index contributed by atoms with van der Waals surface area (Å²) in [6, 6.07) is 13.3. The van der Waals surface area contributed by atoms with Crippen molar-refractivity contribution in [1.82, 2.24) is 10.2 Å². The van der Waals surface area contributed by atoms with Crippen molar-refractivity contribution in [2.75, 3.05) is 23.9 Å². The monoisotopic (exact) mass is 426 g/mol. The molecule has 2 amide bonds. The van der Waals surface area contributed by atoms with E-state index in [1.807, 2.05) is 0 Å². The van der Waals surface area contributed by atoms with Gasteiger partial charge >= 0.3 is 0 Å². The normalized spacial score (nSPS) is 16.0. The lowest BCUT2D eigenvalue weighted by atomic mass is 10.1. The summed E-state index contributed by atoms with van der Waals surface area (Å²) in [6.07, 6.45) is 0.639. The minimum Gasteiger partial charge on any atom is -0.497 e. The molecule has 30 heavy (non-hydrogen) atoms. The first kappa shape index (κ1) is 20.0. The fourth-order valence-corrected chi connectivity index (χ4v) is 4.03. The Morgan fingerprint density at radius 3 is 2.63 bits per heavy atom. The molecule has 1 saturated heterocycles. The standard InChI is InChI=1S/C21H19FN4O3S/c1-29-17-8-6-16(7-9-17)26-12-14(11-19(26)27)20(28)23-21-25-24-18(30-21)10-13-2-4-15(22)5-3-13/h2-9,14H,10-12H2,1H3,(H,23,25,28). The molecular formula is C21H19FN4O3S. The van der Waals surface area contributed by atoms with Crippen molar-refractivity contribution in [3.8, 4) is 5.75 Å². The maximum Gasteiger partial charge on any atom is 0.231 e. The molecule has 1 aromatic heterocycles. The van der Waals surface area contributed by atoms with Crippen LogP contribution in [0.5, 0.6) is 5.75 Å². The van der Waals surface area contributed by atoms with Gasteiger partial charge < -0.3 is 15.0 Å². The first-order valence-corrected chi connectivity index (χ1v) is 10.2. The summed E-state index contributed by atoms with van der Waals surface area (Å²) >= 11 is 1.26. The Labute approximate surface area is 176 Å². The summed E-state index contributed by atoms with van der Waals surface area (Å²) in [6.45, 7) is 0.304. The van der Waals surface area contributed by atoms with Crippen molar-refractivity contribution >= 4 is 34.0 Å². The van der Waals surface area contributed by atoms with Gasteiger partial charge in [0.25, 0.3) is 0 Å². The molecule has 1 aliphatic heterocycles. The van der Waals surface area contributed by atoms with Gasteiger partial charge in [-0.15, -0.1) is 10.2 Å². The average molecular weight is 426 g/mol. The van der Waals surface area contributed by atoms with E-state index in [0.29, 0.717) is 28.9 Å². The van der Waals surface area contributed by atoms with Gasteiger partial charge in [0.2, 0.25) is 16.9 Å². The second-order valence-corrected chi connectivity index (χ2v) is 7.96. The van der Waals surface area contributed by atoms with Crippen molar-refractivity contribution < 1.29 is 18.7 Å². The number of halogens is 1. The highest BCUT2D eigenvalue weighted by Crippen LogP contribution is 2.28. The summed E-state index contributed by atoms with van der Waals surface area (Å²) < 4.78 is 18.1. The zero-order valence-corrected chi connectivity index (χ0v) is 17.0. The third-order valence-electron chi connectivity index (χ3n) is 4.85. The molecule has 3 aromatic rings. The summed E-state index contributed by atoms with van der Waals surface area (Å²) in [5.74, 6) is -0.423. The van der Waals surface area contributed by atoms with Crippen LogP contribution in [-0.2, 0) is 16.0 Å². The topological polar surface area (TPSA) is 84.4 Å². The number of amides is 2. The third-order valence-corrected chi connectivity index (χ3v) is 5.68.